The second-order valence-electron chi connectivity index (χ2n) is 6.30. The number of rotatable bonds is 1. The minimum Gasteiger partial charge on any atom is -1.00 e. The summed E-state index contributed by atoms with van der Waals surface area (Å²) in [5, 5.41) is 4.72. The van der Waals surface area contributed by atoms with Gasteiger partial charge >= 0.3 is 13.4 Å². The van der Waals surface area contributed by atoms with Crippen molar-refractivity contribution in [3.63, 3.8) is 0 Å². The fourth-order valence-electron chi connectivity index (χ4n) is 3.64. The zero-order chi connectivity index (χ0) is 19.0. The van der Waals surface area contributed by atoms with Crippen LogP contribution in [0.1, 0.15) is 23.0 Å². The van der Waals surface area contributed by atoms with E-state index in [2.05, 4.69) is 63.2 Å². The minimum absolute atomic E-state index is 0. The topological polar surface area (TPSA) is 30.9 Å². The van der Waals surface area contributed by atoms with Crippen molar-refractivity contribution in [3.8, 4) is 5.69 Å². The van der Waals surface area contributed by atoms with Crippen molar-refractivity contribution in [1.29, 1.82) is 0 Å². The zero-order valence-electron chi connectivity index (χ0n) is 14.5. The summed E-state index contributed by atoms with van der Waals surface area (Å²) in [7, 11) is -3.67. The number of nitrogens with zero attached hydrogens (tertiary/aromatic N) is 3. The van der Waals surface area contributed by atoms with Crippen LogP contribution < -0.4 is 9.27 Å². The molecule has 1 aliphatic heterocycles. The van der Waals surface area contributed by atoms with Crippen molar-refractivity contribution >= 4 is 23.5 Å². The number of ether oxygens (including phenoxy) is 1. The van der Waals surface area contributed by atoms with Crippen LogP contribution >= 0.6 is 15.9 Å². The third-order valence-corrected chi connectivity index (χ3v) is 5.25. The Bertz CT molecular complexity index is 952. The third kappa shape index (κ3) is 3.98. The Morgan fingerprint density at radius 1 is 1.11 bits per heavy atom. The van der Waals surface area contributed by atoms with E-state index in [4.69, 9.17) is 9.84 Å². The number of halogens is 5. The molecule has 1 aromatic heterocycles. The molecule has 0 saturated heterocycles. The van der Waals surface area contributed by atoms with E-state index in [0.717, 1.165) is 22.4 Å². The highest BCUT2D eigenvalue weighted by Gasteiger charge is 2.43. The third-order valence-electron chi connectivity index (χ3n) is 4.72. The smallest absolute Gasteiger partial charge is 0.762 e. The standard InChI is InChI=1S/C18H15BrN3O.BF3.FH/c19-13-5-7-14(8-6-13)22-11-21-17(20-22)10-23-16-9-12-3-1-2-4-15(12)18(16)21;2-1(3)4;/h1-8,11,16,18H,9-10H2;;1H/q+1;;/p-1/t16-,18+;;/m0../s1. The molecule has 146 valence electrons. The van der Waals surface area contributed by atoms with Crippen LogP contribution in [-0.2, 0) is 17.8 Å². The van der Waals surface area contributed by atoms with Gasteiger partial charge in [-0.25, -0.2) is 4.57 Å². The van der Waals surface area contributed by atoms with Crippen molar-refractivity contribution in [2.75, 3.05) is 0 Å². The van der Waals surface area contributed by atoms with Gasteiger partial charge in [-0.2, -0.15) is 0 Å². The maximum Gasteiger partial charge on any atom is 0.762 e. The maximum atomic E-state index is 9.67. The molecular weight excluding hydrogens is 441 g/mol. The van der Waals surface area contributed by atoms with Gasteiger partial charge in [-0.15, -0.1) is 0 Å². The normalized spacial score (nSPS) is 18.7. The van der Waals surface area contributed by atoms with Crippen LogP contribution in [0.25, 0.3) is 5.69 Å². The second-order valence-corrected chi connectivity index (χ2v) is 7.22. The molecule has 0 amide bonds. The summed E-state index contributed by atoms with van der Waals surface area (Å²) in [6.07, 6.45) is 3.30. The lowest BCUT2D eigenvalue weighted by molar-refractivity contribution is -0.739. The average molecular weight is 456 g/mol. The van der Waals surface area contributed by atoms with Gasteiger partial charge in [0.2, 0.25) is 6.33 Å². The van der Waals surface area contributed by atoms with Gasteiger partial charge in [0.25, 0.3) is 0 Å². The zero-order valence-corrected chi connectivity index (χ0v) is 16.1. The molecule has 2 aliphatic rings. The van der Waals surface area contributed by atoms with Crippen molar-refractivity contribution < 1.29 is 27.0 Å². The molecule has 2 atom stereocenters. The van der Waals surface area contributed by atoms with Crippen LogP contribution in [0.2, 0.25) is 0 Å². The van der Waals surface area contributed by atoms with Gasteiger partial charge in [0.05, 0.1) is 0 Å². The summed E-state index contributed by atoms with van der Waals surface area (Å²) in [5.41, 5.74) is 3.80. The molecule has 28 heavy (non-hydrogen) atoms. The predicted molar refractivity (Wildman–Crippen MR) is 97.4 cm³/mol. The lowest BCUT2D eigenvalue weighted by atomic mass is 10.1. The quantitative estimate of drug-likeness (QED) is 0.309. The summed E-state index contributed by atoms with van der Waals surface area (Å²) in [4.78, 5) is 0. The molecule has 10 heteroatoms. The molecule has 2 heterocycles. The molecule has 0 unspecified atom stereocenters. The Kier molecular flexibility index (Phi) is 6.19. The van der Waals surface area contributed by atoms with Crippen LogP contribution in [0, 0.1) is 0 Å². The molecular formula is C18H15BBrF4N3O. The lowest BCUT2D eigenvalue weighted by Gasteiger charge is -2.23. The number of hydrogen-bond donors (Lipinski definition) is 0. The first-order chi connectivity index (χ1) is 13.0. The van der Waals surface area contributed by atoms with E-state index in [9.17, 15) is 12.9 Å². The monoisotopic (exact) mass is 455 g/mol. The summed E-state index contributed by atoms with van der Waals surface area (Å²) in [6.45, 7) is 0.568. The summed E-state index contributed by atoms with van der Waals surface area (Å²) in [5.74, 6) is 0.978. The van der Waals surface area contributed by atoms with E-state index in [1.807, 2.05) is 16.8 Å². The van der Waals surface area contributed by atoms with Gasteiger partial charge in [-0.1, -0.05) is 44.9 Å². The van der Waals surface area contributed by atoms with E-state index in [1.54, 1.807) is 0 Å². The second kappa shape index (κ2) is 8.44. The Morgan fingerprint density at radius 2 is 1.79 bits per heavy atom. The molecule has 0 bridgehead atoms. The average Bonchev–Trinajstić information content (AvgIpc) is 3.22. The van der Waals surface area contributed by atoms with Crippen molar-refractivity contribution in [2.24, 2.45) is 0 Å². The van der Waals surface area contributed by atoms with E-state index in [1.165, 1.54) is 11.1 Å². The SMILES string of the molecule is Brc1ccc(-n2c[n+]3c(n2)CO[C@H]2Cc4ccccc4[C@H]23)cc1.FB(F)F.[F-]. The van der Waals surface area contributed by atoms with Gasteiger partial charge in [0.1, 0.15) is 24.4 Å². The van der Waals surface area contributed by atoms with Crippen LogP contribution in [-0.4, -0.2) is 23.4 Å². The highest BCUT2D eigenvalue weighted by molar-refractivity contribution is 9.10. The Labute approximate surface area is 167 Å². The first-order valence-corrected chi connectivity index (χ1v) is 9.19. The summed E-state index contributed by atoms with van der Waals surface area (Å²) < 4.78 is 40.4. The molecule has 0 radical (unpaired) electrons. The minimum atomic E-state index is -3.67. The fourth-order valence-corrected chi connectivity index (χ4v) is 3.90. The fraction of sp³-hybridized carbons (Fsp3) is 0.222. The maximum absolute atomic E-state index is 9.67. The molecule has 2 aromatic carbocycles. The van der Waals surface area contributed by atoms with Crippen molar-refractivity contribution in [2.45, 2.75) is 25.2 Å². The highest BCUT2D eigenvalue weighted by Crippen LogP contribution is 2.35. The molecule has 0 saturated carbocycles. The van der Waals surface area contributed by atoms with E-state index in [-0.39, 0.29) is 16.9 Å². The van der Waals surface area contributed by atoms with Crippen LogP contribution in [0.15, 0.2) is 59.3 Å². The number of fused-ring (bicyclic) bond motifs is 5. The van der Waals surface area contributed by atoms with Gasteiger partial charge in [-0.3, -0.25) is 12.9 Å². The van der Waals surface area contributed by atoms with Gasteiger partial charge in [0.15, 0.2) is 0 Å². The van der Waals surface area contributed by atoms with E-state index < -0.39 is 7.54 Å². The number of hydrogen-bond acceptors (Lipinski definition) is 2. The Balaban J connectivity index is 0.000000414. The Hall–Kier alpha value is -2.20. The summed E-state index contributed by atoms with van der Waals surface area (Å²) in [6, 6.07) is 17.0. The van der Waals surface area contributed by atoms with Crippen LogP contribution in [0.5, 0.6) is 0 Å². The van der Waals surface area contributed by atoms with Gasteiger partial charge in [0, 0.05) is 16.0 Å². The largest absolute Gasteiger partial charge is 1.00 e. The first-order valence-electron chi connectivity index (χ1n) is 8.40. The summed E-state index contributed by atoms with van der Waals surface area (Å²) >= 11 is 3.48. The molecule has 4 nitrogen and oxygen atoms in total. The first kappa shape index (κ1) is 20.5. The van der Waals surface area contributed by atoms with Crippen molar-refractivity contribution in [1.82, 2.24) is 9.78 Å². The molecule has 5 rings (SSSR count). The molecule has 0 fully saturated rings. The van der Waals surface area contributed by atoms with Gasteiger partial charge < -0.3 is 9.44 Å². The molecule has 3 aromatic rings. The van der Waals surface area contributed by atoms with Gasteiger partial charge in [-0.05, 0) is 35.4 Å². The molecule has 1 aliphatic carbocycles. The molecule has 0 spiro atoms. The van der Waals surface area contributed by atoms with Crippen LogP contribution in [0.4, 0.5) is 12.9 Å². The number of aromatic nitrogens is 3. The van der Waals surface area contributed by atoms with Crippen molar-refractivity contribution in [3.05, 3.63) is 76.3 Å². The number of benzene rings is 2. The lowest BCUT2D eigenvalue weighted by Crippen LogP contribution is -3.00. The van der Waals surface area contributed by atoms with E-state index >= 15 is 0 Å². The van der Waals surface area contributed by atoms with E-state index in [0.29, 0.717) is 6.61 Å². The van der Waals surface area contributed by atoms with Crippen LogP contribution in [0.3, 0.4) is 0 Å². The molecule has 0 N–H and O–H groups in total. The highest BCUT2D eigenvalue weighted by atomic mass is 79.9. The predicted octanol–water partition coefficient (Wildman–Crippen LogP) is 0.850. The Morgan fingerprint density at radius 3 is 2.50 bits per heavy atom.